The quantitative estimate of drug-likeness (QED) is 0.783. The number of aliphatic carboxylic acids is 1. The third-order valence-electron chi connectivity index (χ3n) is 4.57. The number of carbonyl (C=O) groups is 1. The van der Waals surface area contributed by atoms with Crippen molar-refractivity contribution >= 4 is 5.97 Å². The number of nitrogens with zero attached hydrogens (tertiary/aromatic N) is 2. The molecule has 0 radical (unpaired) electrons. The van der Waals surface area contributed by atoms with Crippen LogP contribution in [0, 0.1) is 0 Å². The summed E-state index contributed by atoms with van der Waals surface area (Å²) < 4.78 is 0. The molecule has 110 valence electrons. The van der Waals surface area contributed by atoms with Gasteiger partial charge in [0.2, 0.25) is 0 Å². The van der Waals surface area contributed by atoms with Crippen LogP contribution in [0.1, 0.15) is 32.6 Å². The number of nitrogens with one attached hydrogen (secondary N) is 1. The number of rotatable bonds is 4. The zero-order chi connectivity index (χ0) is 13.7. The van der Waals surface area contributed by atoms with Crippen molar-refractivity contribution in [3.63, 3.8) is 0 Å². The minimum atomic E-state index is -0.620. The molecular formula is C14H27N3O2. The first kappa shape index (κ1) is 14.8. The van der Waals surface area contributed by atoms with Crippen LogP contribution >= 0.6 is 0 Å². The standard InChI is InChI=1S/C14H27N3O2/c1-2-8-16-10-4-14(5-11-16,13(18)19)17-9-3-6-15-7-12-17/h15H,2-12H2,1H3,(H,18,19). The van der Waals surface area contributed by atoms with Crippen molar-refractivity contribution in [3.8, 4) is 0 Å². The van der Waals surface area contributed by atoms with Crippen molar-refractivity contribution in [2.24, 2.45) is 0 Å². The van der Waals surface area contributed by atoms with E-state index in [1.165, 1.54) is 0 Å². The summed E-state index contributed by atoms with van der Waals surface area (Å²) in [6.07, 6.45) is 3.73. The van der Waals surface area contributed by atoms with Crippen molar-refractivity contribution in [2.75, 3.05) is 45.8 Å². The molecule has 0 unspecified atom stereocenters. The fourth-order valence-electron chi connectivity index (χ4n) is 3.40. The summed E-state index contributed by atoms with van der Waals surface area (Å²) in [6, 6.07) is 0. The normalized spacial score (nSPS) is 25.9. The van der Waals surface area contributed by atoms with Crippen molar-refractivity contribution in [3.05, 3.63) is 0 Å². The van der Waals surface area contributed by atoms with Gasteiger partial charge in [0.15, 0.2) is 0 Å². The molecule has 0 aromatic heterocycles. The number of likely N-dealkylation sites (tertiary alicyclic amines) is 1. The van der Waals surface area contributed by atoms with Crippen LogP contribution in [0.3, 0.4) is 0 Å². The Morgan fingerprint density at radius 1 is 1.21 bits per heavy atom. The predicted molar refractivity (Wildman–Crippen MR) is 75.4 cm³/mol. The SMILES string of the molecule is CCCN1CCC(C(=O)O)(N2CCCNCC2)CC1. The van der Waals surface area contributed by atoms with Crippen LogP contribution in [0.4, 0.5) is 0 Å². The van der Waals surface area contributed by atoms with Gasteiger partial charge in [-0.25, -0.2) is 0 Å². The molecule has 2 saturated heterocycles. The molecule has 2 rings (SSSR count). The molecule has 2 aliphatic heterocycles. The number of hydrogen-bond acceptors (Lipinski definition) is 4. The van der Waals surface area contributed by atoms with Crippen LogP contribution in [-0.4, -0.2) is 72.2 Å². The van der Waals surface area contributed by atoms with E-state index in [1.54, 1.807) is 0 Å². The first-order valence-corrected chi connectivity index (χ1v) is 7.60. The highest BCUT2D eigenvalue weighted by Gasteiger charge is 2.46. The first-order chi connectivity index (χ1) is 9.19. The predicted octanol–water partition coefficient (Wildman–Crippen LogP) is 0.611. The maximum Gasteiger partial charge on any atom is 0.324 e. The Morgan fingerprint density at radius 2 is 1.95 bits per heavy atom. The molecule has 5 nitrogen and oxygen atoms in total. The summed E-state index contributed by atoms with van der Waals surface area (Å²) in [5, 5.41) is 13.1. The lowest BCUT2D eigenvalue weighted by atomic mass is 9.85. The van der Waals surface area contributed by atoms with Crippen LogP contribution in [0.2, 0.25) is 0 Å². The summed E-state index contributed by atoms with van der Waals surface area (Å²) in [4.78, 5) is 16.5. The van der Waals surface area contributed by atoms with E-state index < -0.39 is 11.5 Å². The molecule has 2 fully saturated rings. The second-order valence-electron chi connectivity index (χ2n) is 5.77. The molecule has 0 saturated carbocycles. The topological polar surface area (TPSA) is 55.8 Å². The molecule has 0 atom stereocenters. The molecule has 0 aromatic carbocycles. The van der Waals surface area contributed by atoms with Gasteiger partial charge in [0.05, 0.1) is 0 Å². The smallest absolute Gasteiger partial charge is 0.324 e. The van der Waals surface area contributed by atoms with E-state index in [0.29, 0.717) is 0 Å². The molecule has 0 bridgehead atoms. The van der Waals surface area contributed by atoms with Gasteiger partial charge in [-0.15, -0.1) is 0 Å². The second kappa shape index (κ2) is 6.68. The zero-order valence-electron chi connectivity index (χ0n) is 12.0. The van der Waals surface area contributed by atoms with Crippen LogP contribution in [0.25, 0.3) is 0 Å². The van der Waals surface area contributed by atoms with Gasteiger partial charge < -0.3 is 15.3 Å². The third-order valence-corrected chi connectivity index (χ3v) is 4.57. The van der Waals surface area contributed by atoms with E-state index in [0.717, 1.165) is 71.5 Å². The molecule has 0 spiro atoms. The molecule has 2 N–H and O–H groups in total. The van der Waals surface area contributed by atoms with Gasteiger partial charge in [-0.2, -0.15) is 0 Å². The van der Waals surface area contributed by atoms with Crippen LogP contribution in [-0.2, 0) is 4.79 Å². The van der Waals surface area contributed by atoms with Gasteiger partial charge in [-0.1, -0.05) is 6.92 Å². The first-order valence-electron chi connectivity index (χ1n) is 7.60. The second-order valence-corrected chi connectivity index (χ2v) is 5.77. The van der Waals surface area contributed by atoms with E-state index >= 15 is 0 Å². The lowest BCUT2D eigenvalue weighted by Crippen LogP contribution is -2.60. The number of carboxylic acid groups (broad SMARTS) is 1. The third kappa shape index (κ3) is 3.27. The Labute approximate surface area is 115 Å². The van der Waals surface area contributed by atoms with E-state index in [1.807, 2.05) is 0 Å². The van der Waals surface area contributed by atoms with Crippen molar-refractivity contribution in [1.82, 2.24) is 15.1 Å². The lowest BCUT2D eigenvalue weighted by molar-refractivity contribution is -0.155. The molecule has 0 aromatic rings. The van der Waals surface area contributed by atoms with Gasteiger partial charge in [0, 0.05) is 32.7 Å². The van der Waals surface area contributed by atoms with Gasteiger partial charge in [0.25, 0.3) is 0 Å². The summed E-state index contributed by atoms with van der Waals surface area (Å²) in [5.74, 6) is -0.620. The number of piperidine rings is 1. The molecule has 5 heteroatoms. The Kier molecular flexibility index (Phi) is 5.19. The average molecular weight is 269 g/mol. The molecule has 19 heavy (non-hydrogen) atoms. The Balaban J connectivity index is 2.04. The summed E-state index contributed by atoms with van der Waals surface area (Å²) in [5.41, 5.74) is -0.615. The van der Waals surface area contributed by atoms with Crippen molar-refractivity contribution < 1.29 is 9.90 Å². The molecular weight excluding hydrogens is 242 g/mol. The highest BCUT2D eigenvalue weighted by Crippen LogP contribution is 2.30. The van der Waals surface area contributed by atoms with Gasteiger partial charge in [-0.05, 0) is 38.8 Å². The van der Waals surface area contributed by atoms with Crippen molar-refractivity contribution in [1.29, 1.82) is 0 Å². The maximum atomic E-state index is 11.9. The van der Waals surface area contributed by atoms with E-state index in [2.05, 4.69) is 22.0 Å². The summed E-state index contributed by atoms with van der Waals surface area (Å²) in [7, 11) is 0. The van der Waals surface area contributed by atoms with Gasteiger partial charge >= 0.3 is 5.97 Å². The minimum Gasteiger partial charge on any atom is -0.480 e. The highest BCUT2D eigenvalue weighted by molar-refractivity contribution is 5.79. The van der Waals surface area contributed by atoms with Crippen LogP contribution in [0.5, 0.6) is 0 Å². The largest absolute Gasteiger partial charge is 0.480 e. The van der Waals surface area contributed by atoms with E-state index in [-0.39, 0.29) is 0 Å². The molecule has 0 aliphatic carbocycles. The number of carboxylic acids is 1. The van der Waals surface area contributed by atoms with Crippen LogP contribution in [0.15, 0.2) is 0 Å². The monoisotopic (exact) mass is 269 g/mol. The fraction of sp³-hybridized carbons (Fsp3) is 0.929. The summed E-state index contributed by atoms with van der Waals surface area (Å²) in [6.45, 7) is 8.81. The van der Waals surface area contributed by atoms with Gasteiger partial charge in [0.1, 0.15) is 5.54 Å². The Bertz CT molecular complexity index is 293. The Morgan fingerprint density at radius 3 is 2.58 bits per heavy atom. The summed E-state index contributed by atoms with van der Waals surface area (Å²) >= 11 is 0. The number of hydrogen-bond donors (Lipinski definition) is 2. The van der Waals surface area contributed by atoms with Crippen LogP contribution < -0.4 is 5.32 Å². The van der Waals surface area contributed by atoms with Crippen molar-refractivity contribution in [2.45, 2.75) is 38.1 Å². The minimum absolute atomic E-state index is 0.615. The highest BCUT2D eigenvalue weighted by atomic mass is 16.4. The zero-order valence-corrected chi connectivity index (χ0v) is 12.0. The fourth-order valence-corrected chi connectivity index (χ4v) is 3.40. The molecule has 0 amide bonds. The Hall–Kier alpha value is -0.650. The van der Waals surface area contributed by atoms with E-state index in [4.69, 9.17) is 0 Å². The average Bonchev–Trinajstić information content (AvgIpc) is 2.69. The molecule has 2 heterocycles. The lowest BCUT2D eigenvalue weighted by Gasteiger charge is -2.45. The van der Waals surface area contributed by atoms with Gasteiger partial charge in [-0.3, -0.25) is 9.69 Å². The van der Waals surface area contributed by atoms with E-state index in [9.17, 15) is 9.90 Å². The molecule has 2 aliphatic rings. The maximum absolute atomic E-state index is 11.9.